The number of primary amides is 1. The second-order valence-electron chi connectivity index (χ2n) is 7.68. The van der Waals surface area contributed by atoms with Crippen molar-refractivity contribution in [2.75, 3.05) is 19.7 Å². The van der Waals surface area contributed by atoms with Gasteiger partial charge in [0.25, 0.3) is 11.5 Å². The number of H-pyrrole nitrogens is 1. The lowest BCUT2D eigenvalue weighted by molar-refractivity contribution is -0.140. The third-order valence-corrected chi connectivity index (χ3v) is 4.77. The highest BCUT2D eigenvalue weighted by Gasteiger charge is 2.36. The van der Waals surface area contributed by atoms with Gasteiger partial charge < -0.3 is 15.5 Å². The number of ether oxygens (including phenoxy) is 1. The first-order chi connectivity index (χ1) is 13.5. The maximum Gasteiger partial charge on any atom is 0.431 e. The molecule has 0 aliphatic carbocycles. The van der Waals surface area contributed by atoms with Crippen LogP contribution < -0.4 is 11.3 Å². The molecule has 2 aromatic rings. The maximum absolute atomic E-state index is 13.4. The van der Waals surface area contributed by atoms with Crippen LogP contribution in [0.25, 0.3) is 11.1 Å². The van der Waals surface area contributed by atoms with Crippen molar-refractivity contribution in [1.29, 1.82) is 0 Å². The van der Waals surface area contributed by atoms with Crippen molar-refractivity contribution in [3.63, 3.8) is 0 Å². The number of morpholine rings is 1. The van der Waals surface area contributed by atoms with E-state index >= 15 is 0 Å². The van der Waals surface area contributed by atoms with Gasteiger partial charge in [-0.1, -0.05) is 24.3 Å². The zero-order chi connectivity index (χ0) is 21.4. The molecule has 0 atom stereocenters. The maximum atomic E-state index is 13.4. The summed E-state index contributed by atoms with van der Waals surface area (Å²) in [5, 5.41) is 0. The van der Waals surface area contributed by atoms with Gasteiger partial charge in [-0.05, 0) is 31.0 Å². The van der Waals surface area contributed by atoms with Crippen LogP contribution in [-0.2, 0) is 17.5 Å². The fourth-order valence-electron chi connectivity index (χ4n) is 3.46. The Morgan fingerprint density at radius 1 is 1.28 bits per heavy atom. The van der Waals surface area contributed by atoms with E-state index in [4.69, 9.17) is 10.5 Å². The number of nitrogens with two attached hydrogens (primary N) is 1. The lowest BCUT2D eigenvalue weighted by Gasteiger charge is -2.38. The van der Waals surface area contributed by atoms with E-state index in [2.05, 4.69) is 4.90 Å². The molecular weight excluding hydrogens is 387 g/mol. The quantitative estimate of drug-likeness (QED) is 0.813. The summed E-state index contributed by atoms with van der Waals surface area (Å²) in [5.74, 6) is -1.09. The molecule has 1 fully saturated rings. The van der Waals surface area contributed by atoms with Crippen LogP contribution in [0.3, 0.4) is 0 Å². The molecular formula is C20H22F3N3O3. The van der Waals surface area contributed by atoms with Crippen molar-refractivity contribution >= 4 is 5.91 Å². The summed E-state index contributed by atoms with van der Waals surface area (Å²) >= 11 is 0. The molecule has 156 valence electrons. The van der Waals surface area contributed by atoms with E-state index in [0.29, 0.717) is 13.2 Å². The van der Waals surface area contributed by atoms with E-state index in [1.165, 1.54) is 12.1 Å². The number of benzene rings is 1. The van der Waals surface area contributed by atoms with Crippen molar-refractivity contribution in [2.45, 2.75) is 32.2 Å². The molecule has 0 saturated carbocycles. The highest BCUT2D eigenvalue weighted by Crippen LogP contribution is 2.35. The molecule has 1 amide bonds. The molecule has 0 unspecified atom stereocenters. The predicted molar refractivity (Wildman–Crippen MR) is 101 cm³/mol. The van der Waals surface area contributed by atoms with Gasteiger partial charge in [0.05, 0.1) is 12.2 Å². The third kappa shape index (κ3) is 4.86. The van der Waals surface area contributed by atoms with Crippen LogP contribution in [-0.4, -0.2) is 41.1 Å². The van der Waals surface area contributed by atoms with Gasteiger partial charge in [-0.2, -0.15) is 13.2 Å². The number of rotatable bonds is 4. The SMILES string of the molecule is CC1(C)CN(Cc2ccc(-c3cc(C(N)=O)c(=O)[nH]c3C(F)(F)F)cc2)CCO1. The number of hydrogen-bond acceptors (Lipinski definition) is 4. The number of halogens is 3. The number of carbonyl (C=O) groups excluding carboxylic acids is 1. The summed E-state index contributed by atoms with van der Waals surface area (Å²) in [7, 11) is 0. The number of hydrogen-bond donors (Lipinski definition) is 2. The summed E-state index contributed by atoms with van der Waals surface area (Å²) < 4.78 is 45.9. The highest BCUT2D eigenvalue weighted by atomic mass is 19.4. The topological polar surface area (TPSA) is 88.4 Å². The molecule has 0 radical (unpaired) electrons. The fraction of sp³-hybridized carbons (Fsp3) is 0.400. The molecule has 3 N–H and O–H groups in total. The van der Waals surface area contributed by atoms with E-state index in [0.717, 1.165) is 24.7 Å². The zero-order valence-corrected chi connectivity index (χ0v) is 16.1. The number of alkyl halides is 3. The number of pyridine rings is 1. The van der Waals surface area contributed by atoms with Gasteiger partial charge in [0.2, 0.25) is 0 Å². The molecule has 1 aliphatic heterocycles. The highest BCUT2D eigenvalue weighted by molar-refractivity contribution is 5.93. The van der Waals surface area contributed by atoms with Crippen LogP contribution in [0.15, 0.2) is 35.1 Å². The summed E-state index contributed by atoms with van der Waals surface area (Å²) in [5.41, 5.74) is 2.82. The summed E-state index contributed by atoms with van der Waals surface area (Å²) in [6.07, 6.45) is -4.79. The smallest absolute Gasteiger partial charge is 0.373 e. The Balaban J connectivity index is 1.92. The minimum atomic E-state index is -4.79. The fourth-order valence-corrected chi connectivity index (χ4v) is 3.46. The van der Waals surface area contributed by atoms with Crippen LogP contribution in [0, 0.1) is 0 Å². The molecule has 1 aromatic heterocycles. The normalized spacial score (nSPS) is 17.3. The molecule has 9 heteroatoms. The standard InChI is InChI=1S/C20H22F3N3O3/c1-19(2)11-26(7-8-29-19)10-12-3-5-13(6-4-12)14-9-15(17(24)27)18(28)25-16(14)20(21,22)23/h3-6,9H,7-8,10-11H2,1-2H3,(H2,24,27)(H,25,28). The number of aromatic nitrogens is 1. The third-order valence-electron chi connectivity index (χ3n) is 4.77. The van der Waals surface area contributed by atoms with E-state index in [1.54, 1.807) is 17.1 Å². The first-order valence-electron chi connectivity index (χ1n) is 9.06. The van der Waals surface area contributed by atoms with Gasteiger partial charge in [-0.15, -0.1) is 0 Å². The number of nitrogens with one attached hydrogen (secondary N) is 1. The molecule has 2 heterocycles. The Morgan fingerprint density at radius 3 is 2.48 bits per heavy atom. The van der Waals surface area contributed by atoms with Crippen molar-refractivity contribution in [2.24, 2.45) is 5.73 Å². The van der Waals surface area contributed by atoms with Crippen LogP contribution in [0.5, 0.6) is 0 Å². The average molecular weight is 409 g/mol. The van der Waals surface area contributed by atoms with E-state index < -0.39 is 28.9 Å². The number of aromatic amines is 1. The molecule has 1 aromatic carbocycles. The van der Waals surface area contributed by atoms with Crippen molar-refractivity contribution in [3.05, 3.63) is 57.5 Å². The minimum Gasteiger partial charge on any atom is -0.373 e. The monoisotopic (exact) mass is 409 g/mol. The van der Waals surface area contributed by atoms with Crippen molar-refractivity contribution in [1.82, 2.24) is 9.88 Å². The van der Waals surface area contributed by atoms with Crippen LogP contribution in [0.2, 0.25) is 0 Å². The Bertz CT molecular complexity index is 966. The molecule has 29 heavy (non-hydrogen) atoms. The molecule has 0 bridgehead atoms. The molecule has 6 nitrogen and oxygen atoms in total. The first-order valence-corrected chi connectivity index (χ1v) is 9.06. The van der Waals surface area contributed by atoms with Crippen LogP contribution >= 0.6 is 0 Å². The van der Waals surface area contributed by atoms with Crippen molar-refractivity contribution in [3.8, 4) is 11.1 Å². The molecule has 1 aliphatic rings. The summed E-state index contributed by atoms with van der Waals surface area (Å²) in [6.45, 7) is 6.78. The Kier molecular flexibility index (Phi) is 5.55. The molecule has 3 rings (SSSR count). The predicted octanol–water partition coefficient (Wildman–Crippen LogP) is 2.77. The summed E-state index contributed by atoms with van der Waals surface area (Å²) in [6, 6.07) is 7.42. The van der Waals surface area contributed by atoms with Gasteiger partial charge in [-0.3, -0.25) is 14.5 Å². The lowest BCUT2D eigenvalue weighted by atomic mass is 9.99. The summed E-state index contributed by atoms with van der Waals surface area (Å²) in [4.78, 5) is 27.1. The largest absolute Gasteiger partial charge is 0.431 e. The molecule has 0 spiro atoms. The van der Waals surface area contributed by atoms with Crippen LogP contribution in [0.4, 0.5) is 13.2 Å². The van der Waals surface area contributed by atoms with Gasteiger partial charge in [0, 0.05) is 25.2 Å². The average Bonchev–Trinajstić information content (AvgIpc) is 2.60. The van der Waals surface area contributed by atoms with E-state index in [-0.39, 0.29) is 16.7 Å². The second kappa shape index (κ2) is 7.64. The number of carbonyl (C=O) groups is 1. The Labute approximate surface area is 165 Å². The Hall–Kier alpha value is -2.65. The van der Waals surface area contributed by atoms with Gasteiger partial charge >= 0.3 is 6.18 Å². The number of nitrogens with zero attached hydrogens (tertiary/aromatic N) is 1. The zero-order valence-electron chi connectivity index (χ0n) is 16.1. The van der Waals surface area contributed by atoms with Gasteiger partial charge in [0.15, 0.2) is 0 Å². The lowest BCUT2D eigenvalue weighted by Crippen LogP contribution is -2.47. The van der Waals surface area contributed by atoms with E-state index in [1.807, 2.05) is 13.8 Å². The Morgan fingerprint density at radius 2 is 1.93 bits per heavy atom. The van der Waals surface area contributed by atoms with Crippen molar-refractivity contribution < 1.29 is 22.7 Å². The van der Waals surface area contributed by atoms with Gasteiger partial charge in [-0.25, -0.2) is 0 Å². The molecule has 1 saturated heterocycles. The second-order valence-corrected chi connectivity index (χ2v) is 7.68. The van der Waals surface area contributed by atoms with Crippen LogP contribution in [0.1, 0.15) is 35.5 Å². The first kappa shape index (κ1) is 21.1. The van der Waals surface area contributed by atoms with Gasteiger partial charge in [0.1, 0.15) is 11.3 Å². The minimum absolute atomic E-state index is 0.224. The van der Waals surface area contributed by atoms with E-state index in [9.17, 15) is 22.8 Å². The number of amides is 1.